The molecule has 226 valence electrons. The van der Waals surface area contributed by atoms with Gasteiger partial charge >= 0.3 is 18.3 Å². The van der Waals surface area contributed by atoms with Gasteiger partial charge in [-0.3, -0.25) is 24.0 Å². The average Bonchev–Trinajstić information content (AvgIpc) is 2.89. The van der Waals surface area contributed by atoms with E-state index in [2.05, 4.69) is 5.32 Å². The molecule has 1 fully saturated rings. The third kappa shape index (κ3) is 8.94. The maximum atomic E-state index is 13.1. The van der Waals surface area contributed by atoms with E-state index in [1.807, 2.05) is 0 Å². The second-order valence-corrected chi connectivity index (χ2v) is 9.20. The molecule has 0 radical (unpaired) electrons. The van der Waals surface area contributed by atoms with Crippen LogP contribution in [0.1, 0.15) is 23.1 Å². The first-order chi connectivity index (χ1) is 19.5. The molecule has 0 aromatic heterocycles. The van der Waals surface area contributed by atoms with Gasteiger partial charge in [-0.15, -0.1) is 0 Å². The number of carbonyl (C=O) groups excluding carboxylic acids is 4. The number of ether oxygens (including phenoxy) is 1. The van der Waals surface area contributed by atoms with Crippen molar-refractivity contribution >= 4 is 29.5 Å². The molecule has 3 rings (SSSR count). The molecule has 1 aliphatic heterocycles. The van der Waals surface area contributed by atoms with Gasteiger partial charge in [-0.25, -0.2) is 0 Å². The first-order valence-electron chi connectivity index (χ1n) is 12.1. The molecule has 1 heterocycles. The molecule has 1 aliphatic rings. The van der Waals surface area contributed by atoms with Gasteiger partial charge in [0, 0.05) is 6.54 Å². The lowest BCUT2D eigenvalue weighted by molar-refractivity contribution is -0.152. The molecule has 0 aliphatic carbocycles. The largest absolute Gasteiger partial charge is 0.486 e. The van der Waals surface area contributed by atoms with Crippen molar-refractivity contribution in [2.75, 3.05) is 26.2 Å². The maximum Gasteiger partial charge on any atom is 0.416 e. The number of aliphatic carboxylic acids is 1. The standard InChI is InChI=1S/C26H23F6N3O7/c27-25(28,29)16-6-17(26(30,31)32)8-18(7-16)42-14-20(36)19(9-24(40)41)33-21(37)11-35-13-22(38)34(12-23(35)39)10-15-4-2-1-3-5-15/h1-8,19H,9-14H2,(H,33,37)(H,40,41). The van der Waals surface area contributed by atoms with Gasteiger partial charge in [0.1, 0.15) is 38.0 Å². The van der Waals surface area contributed by atoms with Gasteiger partial charge in [0.05, 0.1) is 17.5 Å². The molecule has 1 saturated heterocycles. The molecule has 42 heavy (non-hydrogen) atoms. The summed E-state index contributed by atoms with van der Waals surface area (Å²) in [6.07, 6.45) is -11.4. The summed E-state index contributed by atoms with van der Waals surface area (Å²) in [5.41, 5.74) is -2.63. The number of Topliss-reactive ketones (excluding diaryl/α,β-unsaturated/α-hetero) is 1. The number of benzene rings is 2. The third-order valence-electron chi connectivity index (χ3n) is 5.95. The molecule has 1 atom stereocenters. The van der Waals surface area contributed by atoms with Gasteiger partial charge in [-0.2, -0.15) is 26.3 Å². The van der Waals surface area contributed by atoms with Crippen molar-refractivity contribution in [2.45, 2.75) is 31.4 Å². The Morgan fingerprint density at radius 3 is 1.98 bits per heavy atom. The fourth-order valence-corrected chi connectivity index (χ4v) is 3.89. The van der Waals surface area contributed by atoms with Crippen LogP contribution in [0.5, 0.6) is 5.75 Å². The minimum atomic E-state index is -5.17. The number of piperazine rings is 1. The number of ketones is 1. The van der Waals surface area contributed by atoms with E-state index < -0.39 is 90.9 Å². The van der Waals surface area contributed by atoms with Crippen molar-refractivity contribution in [2.24, 2.45) is 0 Å². The zero-order chi connectivity index (χ0) is 31.2. The number of amides is 3. The highest BCUT2D eigenvalue weighted by Crippen LogP contribution is 2.38. The fourth-order valence-electron chi connectivity index (χ4n) is 3.89. The fraction of sp³-hybridized carbons (Fsp3) is 0.346. The quantitative estimate of drug-likeness (QED) is 0.377. The highest BCUT2D eigenvalue weighted by molar-refractivity contribution is 5.97. The van der Waals surface area contributed by atoms with Crippen LogP contribution in [-0.4, -0.2) is 76.7 Å². The lowest BCUT2D eigenvalue weighted by Crippen LogP contribution is -2.56. The van der Waals surface area contributed by atoms with Crippen LogP contribution in [0.4, 0.5) is 26.3 Å². The second-order valence-electron chi connectivity index (χ2n) is 9.20. The number of nitrogens with zero attached hydrogens (tertiary/aromatic N) is 2. The highest BCUT2D eigenvalue weighted by atomic mass is 19.4. The summed E-state index contributed by atoms with van der Waals surface area (Å²) in [5, 5.41) is 11.2. The van der Waals surface area contributed by atoms with Gasteiger partial charge in [-0.05, 0) is 23.8 Å². The molecule has 1 unspecified atom stereocenters. The van der Waals surface area contributed by atoms with Crippen LogP contribution in [0.3, 0.4) is 0 Å². The number of carboxylic acids is 1. The van der Waals surface area contributed by atoms with Crippen molar-refractivity contribution in [1.29, 1.82) is 0 Å². The number of nitrogens with one attached hydrogen (secondary N) is 1. The van der Waals surface area contributed by atoms with Crippen molar-refractivity contribution in [1.82, 2.24) is 15.1 Å². The normalized spacial score (nSPS) is 14.9. The molecule has 2 aromatic rings. The minimum absolute atomic E-state index is 0.143. The molecule has 2 aromatic carbocycles. The van der Waals surface area contributed by atoms with Crippen molar-refractivity contribution in [3.05, 3.63) is 65.2 Å². The van der Waals surface area contributed by atoms with E-state index in [9.17, 15) is 50.3 Å². The Labute approximate surface area is 233 Å². The predicted octanol–water partition coefficient (Wildman–Crippen LogP) is 2.50. The van der Waals surface area contributed by atoms with E-state index in [4.69, 9.17) is 9.84 Å². The molecular formula is C26H23F6N3O7. The van der Waals surface area contributed by atoms with Gasteiger partial charge in [0.15, 0.2) is 5.78 Å². The number of hydrogen-bond acceptors (Lipinski definition) is 6. The Bertz CT molecular complexity index is 1320. The molecular weight excluding hydrogens is 580 g/mol. The van der Waals surface area contributed by atoms with Crippen LogP contribution < -0.4 is 10.1 Å². The van der Waals surface area contributed by atoms with Crippen LogP contribution in [-0.2, 0) is 42.9 Å². The summed E-state index contributed by atoms with van der Waals surface area (Å²) in [7, 11) is 0. The Balaban J connectivity index is 1.63. The average molecular weight is 603 g/mol. The topological polar surface area (TPSA) is 133 Å². The summed E-state index contributed by atoms with van der Waals surface area (Å²) in [5.74, 6) is -5.85. The third-order valence-corrected chi connectivity index (χ3v) is 5.95. The van der Waals surface area contributed by atoms with Gasteiger partial charge in [0.2, 0.25) is 17.7 Å². The lowest BCUT2D eigenvalue weighted by atomic mass is 10.1. The molecule has 2 N–H and O–H groups in total. The zero-order valence-electron chi connectivity index (χ0n) is 21.5. The molecule has 0 bridgehead atoms. The zero-order valence-corrected chi connectivity index (χ0v) is 21.5. The predicted molar refractivity (Wildman–Crippen MR) is 130 cm³/mol. The van der Waals surface area contributed by atoms with Crippen LogP contribution >= 0.6 is 0 Å². The number of halogens is 6. The van der Waals surface area contributed by atoms with E-state index in [1.54, 1.807) is 30.3 Å². The first-order valence-corrected chi connectivity index (χ1v) is 12.1. The highest BCUT2D eigenvalue weighted by Gasteiger charge is 2.37. The van der Waals surface area contributed by atoms with Crippen LogP contribution in [0, 0.1) is 0 Å². The Kier molecular flexibility index (Phi) is 9.80. The number of rotatable bonds is 11. The van der Waals surface area contributed by atoms with Crippen LogP contribution in [0.2, 0.25) is 0 Å². The SMILES string of the molecule is O=C(O)CC(NC(=O)CN1CC(=O)N(Cc2ccccc2)CC1=O)C(=O)COc1cc(C(F)(F)F)cc(C(F)(F)F)c1. The van der Waals surface area contributed by atoms with Crippen molar-refractivity contribution in [3.8, 4) is 5.75 Å². The van der Waals surface area contributed by atoms with E-state index in [0.29, 0.717) is 0 Å². The number of alkyl halides is 6. The smallest absolute Gasteiger partial charge is 0.416 e. The van der Waals surface area contributed by atoms with Crippen molar-refractivity contribution < 1.29 is 60.2 Å². The van der Waals surface area contributed by atoms with Crippen LogP contribution in [0.15, 0.2) is 48.5 Å². The Morgan fingerprint density at radius 2 is 1.43 bits per heavy atom. The molecule has 3 amide bonds. The first kappa shape index (κ1) is 31.9. The van der Waals surface area contributed by atoms with E-state index in [-0.39, 0.29) is 31.3 Å². The summed E-state index contributed by atoms with van der Waals surface area (Å²) in [4.78, 5) is 63.6. The summed E-state index contributed by atoms with van der Waals surface area (Å²) < 4.78 is 83.2. The van der Waals surface area contributed by atoms with Gasteiger partial charge in [-0.1, -0.05) is 30.3 Å². The maximum absolute atomic E-state index is 13.1. The van der Waals surface area contributed by atoms with Crippen LogP contribution in [0.25, 0.3) is 0 Å². The van der Waals surface area contributed by atoms with E-state index in [0.717, 1.165) is 10.5 Å². The Hall–Kier alpha value is -4.63. The van der Waals surface area contributed by atoms with E-state index >= 15 is 0 Å². The number of carboxylic acid groups (broad SMARTS) is 1. The van der Waals surface area contributed by atoms with E-state index in [1.165, 1.54) is 4.90 Å². The second kappa shape index (κ2) is 12.9. The lowest BCUT2D eigenvalue weighted by Gasteiger charge is -2.33. The molecule has 10 nitrogen and oxygen atoms in total. The Morgan fingerprint density at radius 1 is 0.881 bits per heavy atom. The molecule has 0 saturated carbocycles. The molecule has 0 spiro atoms. The monoisotopic (exact) mass is 603 g/mol. The van der Waals surface area contributed by atoms with Gasteiger partial charge in [0.25, 0.3) is 0 Å². The number of hydrogen-bond donors (Lipinski definition) is 2. The summed E-state index contributed by atoms with van der Waals surface area (Å²) in [6.45, 7) is -2.58. The summed E-state index contributed by atoms with van der Waals surface area (Å²) in [6, 6.07) is 7.29. The summed E-state index contributed by atoms with van der Waals surface area (Å²) >= 11 is 0. The van der Waals surface area contributed by atoms with Gasteiger partial charge < -0.3 is 25.0 Å². The number of carbonyl (C=O) groups is 5. The molecule has 16 heteroatoms. The minimum Gasteiger partial charge on any atom is -0.486 e. The van der Waals surface area contributed by atoms with Crippen molar-refractivity contribution in [3.63, 3.8) is 0 Å².